The van der Waals surface area contributed by atoms with Gasteiger partial charge in [0, 0.05) is 0 Å². The molecule has 0 spiro atoms. The van der Waals surface area contributed by atoms with Crippen LogP contribution in [0, 0.1) is 0 Å². The maximum atomic E-state index is 5.88. The molecule has 0 aliphatic heterocycles. The first kappa shape index (κ1) is 30.6. The van der Waals surface area contributed by atoms with Crippen molar-refractivity contribution < 1.29 is 9.47 Å². The number of aryl methyl sites for hydroxylation is 2. The predicted molar refractivity (Wildman–Crippen MR) is 172 cm³/mol. The Bertz CT molecular complexity index is 1360. The minimum Gasteiger partial charge on any atom is -0.494 e. The van der Waals surface area contributed by atoms with Crippen LogP contribution in [0.4, 0.5) is 22.7 Å². The van der Waals surface area contributed by atoms with Gasteiger partial charge in [0.2, 0.25) is 0 Å². The molecule has 0 saturated heterocycles. The third-order valence-corrected chi connectivity index (χ3v) is 6.91. The SMILES string of the molecule is CCCCCCc1ccc(N=Nc2ccc(OCCCCOc3ccc(N=Nc4ccc(CC)cc4)cc3)cc2)cc1. The molecule has 0 N–H and O–H groups in total. The lowest BCUT2D eigenvalue weighted by atomic mass is 10.1. The molecule has 42 heavy (non-hydrogen) atoms. The van der Waals surface area contributed by atoms with Crippen LogP contribution in [0.25, 0.3) is 0 Å². The van der Waals surface area contributed by atoms with Gasteiger partial charge in [-0.15, -0.1) is 0 Å². The molecule has 0 bridgehead atoms. The molecule has 0 saturated carbocycles. The van der Waals surface area contributed by atoms with Gasteiger partial charge in [0.1, 0.15) is 11.5 Å². The first-order chi connectivity index (χ1) is 20.7. The zero-order valence-corrected chi connectivity index (χ0v) is 24.9. The van der Waals surface area contributed by atoms with Crippen molar-refractivity contribution in [2.75, 3.05) is 13.2 Å². The van der Waals surface area contributed by atoms with Crippen LogP contribution in [-0.2, 0) is 12.8 Å². The monoisotopic (exact) mass is 562 g/mol. The molecule has 0 fully saturated rings. The van der Waals surface area contributed by atoms with Crippen LogP contribution >= 0.6 is 0 Å². The normalized spacial score (nSPS) is 11.4. The number of rotatable bonds is 17. The average Bonchev–Trinajstić information content (AvgIpc) is 3.04. The second kappa shape index (κ2) is 17.5. The Hall–Kier alpha value is -4.32. The van der Waals surface area contributed by atoms with E-state index in [1.165, 1.54) is 36.8 Å². The van der Waals surface area contributed by atoms with Crippen molar-refractivity contribution in [1.82, 2.24) is 0 Å². The van der Waals surface area contributed by atoms with Crippen LogP contribution in [0.1, 0.15) is 63.5 Å². The second-order valence-electron chi connectivity index (χ2n) is 10.3. The van der Waals surface area contributed by atoms with Gasteiger partial charge in [0.05, 0.1) is 36.0 Å². The van der Waals surface area contributed by atoms with Crippen molar-refractivity contribution in [3.8, 4) is 11.5 Å². The number of azo groups is 2. The molecular formula is C36H42N4O2. The van der Waals surface area contributed by atoms with Gasteiger partial charge in [-0.25, -0.2) is 0 Å². The molecule has 0 unspecified atom stereocenters. The average molecular weight is 563 g/mol. The van der Waals surface area contributed by atoms with Crippen molar-refractivity contribution in [3.05, 3.63) is 108 Å². The van der Waals surface area contributed by atoms with E-state index in [4.69, 9.17) is 9.47 Å². The number of hydrogen-bond acceptors (Lipinski definition) is 6. The summed E-state index contributed by atoms with van der Waals surface area (Å²) in [5.41, 5.74) is 5.97. The Morgan fingerprint density at radius 3 is 1.24 bits per heavy atom. The van der Waals surface area contributed by atoms with E-state index in [9.17, 15) is 0 Å². The van der Waals surface area contributed by atoms with Crippen LogP contribution in [0.5, 0.6) is 11.5 Å². The third kappa shape index (κ3) is 10.9. The number of ether oxygens (including phenoxy) is 2. The van der Waals surface area contributed by atoms with Gasteiger partial charge in [0.15, 0.2) is 0 Å². The van der Waals surface area contributed by atoms with Crippen molar-refractivity contribution in [2.45, 2.75) is 65.2 Å². The number of hydrogen-bond donors (Lipinski definition) is 0. The van der Waals surface area contributed by atoms with Crippen LogP contribution in [0.3, 0.4) is 0 Å². The Balaban J connectivity index is 1.09. The fraction of sp³-hybridized carbons (Fsp3) is 0.333. The predicted octanol–water partition coefficient (Wildman–Crippen LogP) is 11.4. The van der Waals surface area contributed by atoms with Crippen molar-refractivity contribution in [2.24, 2.45) is 20.5 Å². The minimum atomic E-state index is 0.632. The molecule has 0 radical (unpaired) electrons. The van der Waals surface area contributed by atoms with E-state index in [1.807, 2.05) is 72.8 Å². The first-order valence-electron chi connectivity index (χ1n) is 15.2. The molecular weight excluding hydrogens is 520 g/mol. The Kier molecular flexibility index (Phi) is 12.8. The van der Waals surface area contributed by atoms with E-state index >= 15 is 0 Å². The molecule has 6 heteroatoms. The minimum absolute atomic E-state index is 0.632. The highest BCUT2D eigenvalue weighted by Crippen LogP contribution is 2.24. The summed E-state index contributed by atoms with van der Waals surface area (Å²) < 4.78 is 11.7. The van der Waals surface area contributed by atoms with Crippen LogP contribution in [0.15, 0.2) is 118 Å². The summed E-state index contributed by atoms with van der Waals surface area (Å²) in [6.07, 6.45) is 9.07. The van der Waals surface area contributed by atoms with Crippen LogP contribution in [-0.4, -0.2) is 13.2 Å². The van der Waals surface area contributed by atoms with E-state index in [2.05, 4.69) is 58.6 Å². The largest absolute Gasteiger partial charge is 0.494 e. The van der Waals surface area contributed by atoms with Crippen molar-refractivity contribution >= 4 is 22.7 Å². The summed E-state index contributed by atoms with van der Waals surface area (Å²) in [4.78, 5) is 0. The fourth-order valence-corrected chi connectivity index (χ4v) is 4.32. The molecule has 6 nitrogen and oxygen atoms in total. The smallest absolute Gasteiger partial charge is 0.119 e. The highest BCUT2D eigenvalue weighted by molar-refractivity contribution is 5.44. The molecule has 0 heterocycles. The number of benzene rings is 4. The second-order valence-corrected chi connectivity index (χ2v) is 10.3. The summed E-state index contributed by atoms with van der Waals surface area (Å²) in [5.74, 6) is 1.65. The maximum Gasteiger partial charge on any atom is 0.119 e. The van der Waals surface area contributed by atoms with Gasteiger partial charge < -0.3 is 9.47 Å². The van der Waals surface area contributed by atoms with Crippen molar-refractivity contribution in [3.63, 3.8) is 0 Å². The van der Waals surface area contributed by atoms with E-state index in [1.54, 1.807) is 0 Å². The summed E-state index contributed by atoms with van der Waals surface area (Å²) in [5, 5.41) is 17.3. The highest BCUT2D eigenvalue weighted by Gasteiger charge is 1.99. The molecule has 0 aliphatic rings. The standard InChI is InChI=1S/C36H42N4O2/c1-3-5-6-7-10-30-13-17-32(18-14-30)38-40-34-21-25-36(26-22-34)42-28-9-8-27-41-35-23-19-33(20-24-35)39-37-31-15-11-29(4-2)12-16-31/h11-26H,3-10,27-28H2,1-2H3. The topological polar surface area (TPSA) is 67.9 Å². The van der Waals surface area contributed by atoms with Gasteiger partial charge >= 0.3 is 0 Å². The van der Waals surface area contributed by atoms with Crippen molar-refractivity contribution in [1.29, 1.82) is 0 Å². The zero-order chi connectivity index (χ0) is 29.2. The van der Waals surface area contributed by atoms with Crippen LogP contribution < -0.4 is 9.47 Å². The van der Waals surface area contributed by atoms with E-state index < -0.39 is 0 Å². The molecule has 0 atom stereocenters. The van der Waals surface area contributed by atoms with Gasteiger partial charge in [-0.05, 0) is 116 Å². The summed E-state index contributed by atoms with van der Waals surface area (Å²) in [6, 6.07) is 31.9. The Morgan fingerprint density at radius 1 is 0.429 bits per heavy atom. The van der Waals surface area contributed by atoms with Gasteiger partial charge in [-0.2, -0.15) is 20.5 Å². The van der Waals surface area contributed by atoms with Gasteiger partial charge in [0.25, 0.3) is 0 Å². The molecule has 0 aromatic heterocycles. The molecule has 4 aromatic carbocycles. The summed E-state index contributed by atoms with van der Waals surface area (Å²) in [7, 11) is 0. The van der Waals surface area contributed by atoms with E-state index in [0.29, 0.717) is 13.2 Å². The Labute approximate surface area is 250 Å². The molecule has 218 valence electrons. The van der Waals surface area contributed by atoms with Gasteiger partial charge in [-0.1, -0.05) is 57.4 Å². The maximum absolute atomic E-state index is 5.88. The van der Waals surface area contributed by atoms with E-state index in [-0.39, 0.29) is 0 Å². The third-order valence-electron chi connectivity index (χ3n) is 6.91. The highest BCUT2D eigenvalue weighted by atomic mass is 16.5. The fourth-order valence-electron chi connectivity index (χ4n) is 4.32. The quantitative estimate of drug-likeness (QED) is 0.0948. The summed E-state index contributed by atoms with van der Waals surface area (Å²) >= 11 is 0. The molecule has 0 amide bonds. The lowest BCUT2D eigenvalue weighted by molar-refractivity contribution is 0.266. The lowest BCUT2D eigenvalue weighted by Crippen LogP contribution is -2.02. The van der Waals surface area contributed by atoms with Gasteiger partial charge in [-0.3, -0.25) is 0 Å². The van der Waals surface area contributed by atoms with E-state index in [0.717, 1.165) is 59.9 Å². The molecule has 0 aliphatic carbocycles. The molecule has 4 rings (SSSR count). The Morgan fingerprint density at radius 2 is 0.833 bits per heavy atom. The summed E-state index contributed by atoms with van der Waals surface area (Å²) in [6.45, 7) is 5.64. The number of unbranched alkanes of at least 4 members (excludes halogenated alkanes) is 4. The zero-order valence-electron chi connectivity index (χ0n) is 24.9. The van der Waals surface area contributed by atoms with Crippen LogP contribution in [0.2, 0.25) is 0 Å². The lowest BCUT2D eigenvalue weighted by Gasteiger charge is -2.08. The number of nitrogens with zero attached hydrogens (tertiary/aromatic N) is 4. The first-order valence-corrected chi connectivity index (χ1v) is 15.2. The molecule has 4 aromatic rings.